The van der Waals surface area contributed by atoms with Gasteiger partial charge in [0.05, 0.1) is 12.4 Å². The van der Waals surface area contributed by atoms with Gasteiger partial charge >= 0.3 is 0 Å². The Labute approximate surface area is 160 Å². The number of nitrogens with one attached hydrogen (secondary N) is 1. The number of rotatable bonds is 6. The Kier molecular flexibility index (Phi) is 5.81. The molecule has 0 aliphatic rings. The highest BCUT2D eigenvalue weighted by atomic mass is 16.1. The summed E-state index contributed by atoms with van der Waals surface area (Å²) in [6.07, 6.45) is 3.19. The molecule has 0 saturated heterocycles. The largest absolute Gasteiger partial charge is 0.351 e. The van der Waals surface area contributed by atoms with Gasteiger partial charge in [0.1, 0.15) is 11.5 Å². The Balaban J connectivity index is 1.70. The van der Waals surface area contributed by atoms with Crippen molar-refractivity contribution in [1.82, 2.24) is 9.97 Å². The quantitative estimate of drug-likeness (QED) is 0.709. The topological polar surface area (TPSA) is 58.1 Å². The molecule has 1 aromatic heterocycles. The van der Waals surface area contributed by atoms with Gasteiger partial charge in [-0.3, -0.25) is 4.79 Å². The molecule has 0 bridgehead atoms. The van der Waals surface area contributed by atoms with Crippen LogP contribution >= 0.6 is 0 Å². The summed E-state index contributed by atoms with van der Waals surface area (Å²) in [6, 6.07) is 16.1. The van der Waals surface area contributed by atoms with Crippen LogP contribution in [0.3, 0.4) is 0 Å². The average molecular weight is 360 g/mol. The summed E-state index contributed by atoms with van der Waals surface area (Å²) in [7, 11) is 0. The Hall–Kier alpha value is -3.21. The minimum Gasteiger partial charge on any atom is -0.351 e. The summed E-state index contributed by atoms with van der Waals surface area (Å²) in [4.78, 5) is 23.3. The molecular weight excluding hydrogens is 336 g/mol. The molecule has 27 heavy (non-hydrogen) atoms. The number of aryl methyl sites for hydroxylation is 2. The number of hydrogen-bond acceptors (Lipinski definition) is 4. The first-order valence-corrected chi connectivity index (χ1v) is 9.06. The van der Waals surface area contributed by atoms with Gasteiger partial charge < -0.3 is 10.2 Å². The lowest BCUT2D eigenvalue weighted by Crippen LogP contribution is -2.24. The second-order valence-electron chi connectivity index (χ2n) is 6.53. The number of carbonyl (C=O) groups is 1. The van der Waals surface area contributed by atoms with Crippen LogP contribution in [0, 0.1) is 13.8 Å². The van der Waals surface area contributed by atoms with Gasteiger partial charge in [0, 0.05) is 18.8 Å². The van der Waals surface area contributed by atoms with Gasteiger partial charge in [-0.15, -0.1) is 0 Å². The van der Waals surface area contributed by atoms with Crippen molar-refractivity contribution in [3.63, 3.8) is 0 Å². The second kappa shape index (κ2) is 8.45. The van der Waals surface area contributed by atoms with Crippen molar-refractivity contribution >= 4 is 17.4 Å². The maximum atomic E-state index is 12.5. The normalized spacial score (nSPS) is 10.5. The van der Waals surface area contributed by atoms with Crippen LogP contribution in [0.4, 0.5) is 11.5 Å². The van der Waals surface area contributed by atoms with Crippen LogP contribution in [0.2, 0.25) is 0 Å². The van der Waals surface area contributed by atoms with Crippen molar-refractivity contribution in [3.8, 4) is 0 Å². The minimum atomic E-state index is -0.257. The standard InChI is InChI=1S/C22H24N4O/c1-4-26(15-18-8-6-5-7-9-18)21-14-23-20(13-24-21)22(27)25-19-11-10-16(2)12-17(19)3/h5-14H,4,15H2,1-3H3,(H,25,27). The predicted molar refractivity (Wildman–Crippen MR) is 109 cm³/mol. The van der Waals surface area contributed by atoms with Crippen molar-refractivity contribution in [1.29, 1.82) is 0 Å². The fourth-order valence-corrected chi connectivity index (χ4v) is 2.90. The molecule has 0 aliphatic carbocycles. The molecule has 0 spiro atoms. The van der Waals surface area contributed by atoms with E-state index in [0.29, 0.717) is 5.69 Å². The summed E-state index contributed by atoms with van der Waals surface area (Å²) >= 11 is 0. The molecule has 0 aliphatic heterocycles. The maximum Gasteiger partial charge on any atom is 0.275 e. The Morgan fingerprint density at radius 1 is 1.04 bits per heavy atom. The smallest absolute Gasteiger partial charge is 0.275 e. The van der Waals surface area contributed by atoms with Gasteiger partial charge in [0.2, 0.25) is 0 Å². The molecule has 3 rings (SSSR count). The van der Waals surface area contributed by atoms with E-state index in [-0.39, 0.29) is 5.91 Å². The molecule has 0 atom stereocenters. The molecule has 1 amide bonds. The summed E-state index contributed by atoms with van der Waals surface area (Å²) in [6.45, 7) is 7.63. The van der Waals surface area contributed by atoms with Crippen LogP contribution < -0.4 is 10.2 Å². The lowest BCUT2D eigenvalue weighted by molar-refractivity contribution is 0.102. The van der Waals surface area contributed by atoms with E-state index in [0.717, 1.165) is 35.7 Å². The molecule has 3 aromatic rings. The van der Waals surface area contributed by atoms with Crippen molar-refractivity contribution in [2.75, 3.05) is 16.8 Å². The number of benzene rings is 2. The molecule has 0 fully saturated rings. The predicted octanol–water partition coefficient (Wildman–Crippen LogP) is 4.37. The van der Waals surface area contributed by atoms with E-state index in [2.05, 4.69) is 39.2 Å². The van der Waals surface area contributed by atoms with Gasteiger partial charge in [-0.25, -0.2) is 9.97 Å². The lowest BCUT2D eigenvalue weighted by Gasteiger charge is -2.21. The first-order valence-electron chi connectivity index (χ1n) is 9.06. The number of carbonyl (C=O) groups excluding carboxylic acids is 1. The average Bonchev–Trinajstić information content (AvgIpc) is 2.69. The van der Waals surface area contributed by atoms with E-state index in [1.54, 1.807) is 6.20 Å². The van der Waals surface area contributed by atoms with Gasteiger partial charge in [-0.2, -0.15) is 0 Å². The highest BCUT2D eigenvalue weighted by Crippen LogP contribution is 2.17. The number of nitrogens with zero attached hydrogens (tertiary/aromatic N) is 3. The Morgan fingerprint density at radius 2 is 1.81 bits per heavy atom. The van der Waals surface area contributed by atoms with E-state index in [4.69, 9.17) is 0 Å². The van der Waals surface area contributed by atoms with E-state index >= 15 is 0 Å². The first kappa shape index (κ1) is 18.6. The fraction of sp³-hybridized carbons (Fsp3) is 0.227. The van der Waals surface area contributed by atoms with Gasteiger partial charge in [-0.1, -0.05) is 48.0 Å². The number of hydrogen-bond donors (Lipinski definition) is 1. The van der Waals surface area contributed by atoms with Crippen LogP contribution in [-0.2, 0) is 6.54 Å². The molecule has 0 unspecified atom stereocenters. The SMILES string of the molecule is CCN(Cc1ccccc1)c1cnc(C(=O)Nc2ccc(C)cc2C)cn1. The third-order valence-corrected chi connectivity index (χ3v) is 4.42. The fourth-order valence-electron chi connectivity index (χ4n) is 2.90. The molecule has 2 aromatic carbocycles. The third-order valence-electron chi connectivity index (χ3n) is 4.42. The number of amides is 1. The van der Waals surface area contributed by atoms with Gasteiger partial charge in [-0.05, 0) is 38.0 Å². The van der Waals surface area contributed by atoms with E-state index < -0.39 is 0 Å². The van der Waals surface area contributed by atoms with Crippen LogP contribution in [-0.4, -0.2) is 22.4 Å². The zero-order chi connectivity index (χ0) is 19.2. The first-order chi connectivity index (χ1) is 13.1. The Morgan fingerprint density at radius 3 is 2.44 bits per heavy atom. The molecule has 0 saturated carbocycles. The van der Waals surface area contributed by atoms with Crippen molar-refractivity contribution in [3.05, 3.63) is 83.3 Å². The van der Waals surface area contributed by atoms with E-state index in [1.165, 1.54) is 11.8 Å². The number of aromatic nitrogens is 2. The summed E-state index contributed by atoms with van der Waals surface area (Å²) in [5.74, 6) is 0.497. The minimum absolute atomic E-state index is 0.257. The van der Waals surface area contributed by atoms with Crippen LogP contribution in [0.1, 0.15) is 34.1 Å². The third kappa shape index (κ3) is 4.70. The van der Waals surface area contributed by atoms with Crippen LogP contribution in [0.5, 0.6) is 0 Å². The summed E-state index contributed by atoms with van der Waals surface area (Å²) in [5, 5.41) is 2.90. The summed E-state index contributed by atoms with van der Waals surface area (Å²) < 4.78 is 0. The van der Waals surface area contributed by atoms with Crippen LogP contribution in [0.15, 0.2) is 60.9 Å². The number of anilines is 2. The zero-order valence-electron chi connectivity index (χ0n) is 15.9. The van der Waals surface area contributed by atoms with Crippen molar-refractivity contribution < 1.29 is 4.79 Å². The zero-order valence-corrected chi connectivity index (χ0v) is 15.9. The lowest BCUT2D eigenvalue weighted by atomic mass is 10.1. The molecular formula is C22H24N4O. The highest BCUT2D eigenvalue weighted by Gasteiger charge is 2.12. The molecule has 138 valence electrons. The summed E-state index contributed by atoms with van der Waals surface area (Å²) in [5.41, 5.74) is 4.48. The maximum absolute atomic E-state index is 12.5. The molecule has 5 heteroatoms. The van der Waals surface area contributed by atoms with Gasteiger partial charge in [0.15, 0.2) is 0 Å². The monoisotopic (exact) mass is 360 g/mol. The van der Waals surface area contributed by atoms with Crippen molar-refractivity contribution in [2.24, 2.45) is 0 Å². The molecule has 5 nitrogen and oxygen atoms in total. The molecule has 1 heterocycles. The van der Waals surface area contributed by atoms with Gasteiger partial charge in [0.25, 0.3) is 5.91 Å². The second-order valence-corrected chi connectivity index (χ2v) is 6.53. The van der Waals surface area contributed by atoms with Crippen LogP contribution in [0.25, 0.3) is 0 Å². The van der Waals surface area contributed by atoms with E-state index in [9.17, 15) is 4.79 Å². The highest BCUT2D eigenvalue weighted by molar-refractivity contribution is 6.03. The van der Waals surface area contributed by atoms with Crippen molar-refractivity contribution in [2.45, 2.75) is 27.3 Å². The molecule has 0 radical (unpaired) electrons. The Bertz CT molecular complexity index is 907. The van der Waals surface area contributed by atoms with E-state index in [1.807, 2.05) is 50.2 Å². The molecule has 1 N–H and O–H groups in total.